The third-order valence-electron chi connectivity index (χ3n) is 5.26. The van der Waals surface area contributed by atoms with Gasteiger partial charge in [-0.25, -0.2) is 4.39 Å². The molecule has 0 amide bonds. The highest BCUT2D eigenvalue weighted by Crippen LogP contribution is 2.46. The number of hydrogen-bond acceptors (Lipinski definition) is 5. The van der Waals surface area contributed by atoms with E-state index >= 15 is 0 Å². The van der Waals surface area contributed by atoms with Gasteiger partial charge in [-0.3, -0.25) is 4.79 Å². The van der Waals surface area contributed by atoms with E-state index in [2.05, 4.69) is 6.07 Å². The molecule has 0 radical (unpaired) electrons. The summed E-state index contributed by atoms with van der Waals surface area (Å²) in [6.45, 7) is 0.139. The third-order valence-corrected chi connectivity index (χ3v) is 5.82. The number of ether oxygens (including phenoxy) is 2. The van der Waals surface area contributed by atoms with Crippen molar-refractivity contribution in [3.05, 3.63) is 86.2 Å². The Balaban J connectivity index is 1.69. The zero-order valence-corrected chi connectivity index (χ0v) is 17.8. The predicted octanol–water partition coefficient (Wildman–Crippen LogP) is 5.53. The van der Waals surface area contributed by atoms with Crippen LogP contribution in [0, 0.1) is 17.1 Å². The van der Waals surface area contributed by atoms with Gasteiger partial charge in [0, 0.05) is 18.4 Å². The molecule has 0 saturated heterocycles. The monoisotopic (exact) mass is 458 g/mol. The minimum absolute atomic E-state index is 0.0233. The Kier molecular flexibility index (Phi) is 5.90. The standard InChI is InChI=1S/C23H17Cl2FN2O3/c24-16-8-13(9-17(25)22(16)30-11-12-4-6-14(26)7-5-12)20-15(10-27)23(28)31-19-3-1-2-18(29)21(19)20/h4-9,20H,1-3,11,28H2/t20-/m1/s1. The van der Waals surface area contributed by atoms with Crippen LogP contribution in [0.5, 0.6) is 5.75 Å². The van der Waals surface area contributed by atoms with Gasteiger partial charge in [-0.1, -0.05) is 35.3 Å². The van der Waals surface area contributed by atoms with Gasteiger partial charge in [-0.2, -0.15) is 5.26 Å². The van der Waals surface area contributed by atoms with Gasteiger partial charge in [-0.15, -0.1) is 0 Å². The van der Waals surface area contributed by atoms with E-state index in [0.29, 0.717) is 36.2 Å². The number of carbonyl (C=O) groups excluding carboxylic acids is 1. The first-order valence-electron chi connectivity index (χ1n) is 9.59. The average Bonchev–Trinajstić information content (AvgIpc) is 2.73. The molecule has 1 heterocycles. The molecule has 0 fully saturated rings. The molecule has 8 heteroatoms. The molecule has 1 atom stereocenters. The lowest BCUT2D eigenvalue weighted by Crippen LogP contribution is -2.27. The number of rotatable bonds is 4. The second-order valence-corrected chi connectivity index (χ2v) is 8.08. The Morgan fingerprint density at radius 2 is 1.87 bits per heavy atom. The summed E-state index contributed by atoms with van der Waals surface area (Å²) in [5.74, 6) is -0.417. The number of carbonyl (C=O) groups is 1. The van der Waals surface area contributed by atoms with Crippen LogP contribution in [0.1, 0.15) is 36.3 Å². The van der Waals surface area contributed by atoms with Crippen LogP contribution in [-0.2, 0) is 16.1 Å². The summed E-state index contributed by atoms with van der Waals surface area (Å²) >= 11 is 12.9. The second kappa shape index (κ2) is 8.62. The summed E-state index contributed by atoms with van der Waals surface area (Å²) < 4.78 is 24.4. The molecule has 0 bridgehead atoms. The molecule has 1 aliphatic heterocycles. The van der Waals surface area contributed by atoms with Crippen molar-refractivity contribution in [3.8, 4) is 11.8 Å². The van der Waals surface area contributed by atoms with Crippen LogP contribution in [0.25, 0.3) is 0 Å². The Morgan fingerprint density at radius 3 is 2.52 bits per heavy atom. The van der Waals surface area contributed by atoms with Gasteiger partial charge in [0.1, 0.15) is 29.8 Å². The van der Waals surface area contributed by atoms with Gasteiger partial charge in [0.2, 0.25) is 5.88 Å². The SMILES string of the molecule is N#CC1=C(N)OC2=C(C(=O)CCC2)[C@@H]1c1cc(Cl)c(OCc2ccc(F)cc2)c(Cl)c1. The largest absolute Gasteiger partial charge is 0.486 e. The van der Waals surface area contributed by atoms with Gasteiger partial charge < -0.3 is 15.2 Å². The van der Waals surface area contributed by atoms with Gasteiger partial charge >= 0.3 is 0 Å². The smallest absolute Gasteiger partial charge is 0.205 e. The predicted molar refractivity (Wildman–Crippen MR) is 114 cm³/mol. The van der Waals surface area contributed by atoms with E-state index in [-0.39, 0.29) is 45.5 Å². The number of nitrogens with two attached hydrogens (primary N) is 1. The number of halogens is 3. The first kappa shape index (κ1) is 21.2. The molecule has 2 aliphatic rings. The topological polar surface area (TPSA) is 85.3 Å². The molecule has 1 aliphatic carbocycles. The summed E-state index contributed by atoms with van der Waals surface area (Å²) in [6, 6.07) is 11.2. The Morgan fingerprint density at radius 1 is 1.19 bits per heavy atom. The average molecular weight is 459 g/mol. The van der Waals surface area contributed by atoms with Crippen LogP contribution < -0.4 is 10.5 Å². The number of nitrogens with zero attached hydrogens (tertiary/aromatic N) is 1. The van der Waals surface area contributed by atoms with Crippen molar-refractivity contribution in [2.24, 2.45) is 5.73 Å². The van der Waals surface area contributed by atoms with Crippen LogP contribution >= 0.6 is 23.2 Å². The van der Waals surface area contributed by atoms with Gasteiger partial charge in [-0.05, 0) is 41.8 Å². The fraction of sp³-hybridized carbons (Fsp3) is 0.217. The zero-order chi connectivity index (χ0) is 22.1. The summed E-state index contributed by atoms with van der Waals surface area (Å²) in [6.07, 6.45) is 1.60. The highest BCUT2D eigenvalue weighted by molar-refractivity contribution is 6.37. The van der Waals surface area contributed by atoms with Crippen LogP contribution in [0.3, 0.4) is 0 Å². The molecule has 2 N–H and O–H groups in total. The van der Waals surface area contributed by atoms with E-state index in [1.807, 2.05) is 0 Å². The van der Waals surface area contributed by atoms with E-state index in [0.717, 1.165) is 5.56 Å². The molecule has 0 unspecified atom stereocenters. The van der Waals surface area contributed by atoms with Crippen molar-refractivity contribution in [2.75, 3.05) is 0 Å². The van der Waals surface area contributed by atoms with Gasteiger partial charge in [0.05, 0.1) is 16.0 Å². The first-order valence-corrected chi connectivity index (χ1v) is 10.3. The number of benzene rings is 2. The van der Waals surface area contributed by atoms with Crippen LogP contribution in [0.2, 0.25) is 10.0 Å². The Bertz CT molecular complexity index is 1140. The van der Waals surface area contributed by atoms with E-state index in [9.17, 15) is 14.4 Å². The minimum Gasteiger partial charge on any atom is -0.486 e. The van der Waals surface area contributed by atoms with E-state index in [1.54, 1.807) is 24.3 Å². The number of hydrogen-bond donors (Lipinski definition) is 1. The zero-order valence-electron chi connectivity index (χ0n) is 16.3. The first-order chi connectivity index (χ1) is 14.9. The second-order valence-electron chi connectivity index (χ2n) is 7.27. The maximum absolute atomic E-state index is 13.1. The molecular weight excluding hydrogens is 442 g/mol. The van der Waals surface area contributed by atoms with Gasteiger partial charge in [0.25, 0.3) is 0 Å². The maximum atomic E-state index is 13.1. The Hall–Kier alpha value is -3.01. The summed E-state index contributed by atoms with van der Waals surface area (Å²) in [5, 5.41) is 10.1. The highest BCUT2D eigenvalue weighted by Gasteiger charge is 2.38. The molecular formula is C23H17Cl2FN2O3. The lowest BCUT2D eigenvalue weighted by atomic mass is 9.77. The molecule has 158 valence electrons. The van der Waals surface area contributed by atoms with E-state index in [1.165, 1.54) is 12.1 Å². The summed E-state index contributed by atoms with van der Waals surface area (Å²) in [4.78, 5) is 12.7. The molecule has 0 saturated carbocycles. The fourth-order valence-electron chi connectivity index (χ4n) is 3.81. The summed E-state index contributed by atoms with van der Waals surface area (Å²) in [5.41, 5.74) is 7.82. The molecule has 0 spiro atoms. The number of Topliss-reactive ketones (excluding diaryl/α,β-unsaturated/α-hetero) is 1. The lowest BCUT2D eigenvalue weighted by molar-refractivity contribution is -0.116. The summed E-state index contributed by atoms with van der Waals surface area (Å²) in [7, 11) is 0. The minimum atomic E-state index is -0.706. The van der Waals surface area contributed by atoms with Crippen molar-refractivity contribution >= 4 is 29.0 Å². The van der Waals surface area contributed by atoms with E-state index < -0.39 is 5.92 Å². The van der Waals surface area contributed by atoms with Gasteiger partial charge in [0.15, 0.2) is 11.5 Å². The molecule has 0 aromatic heterocycles. The number of allylic oxidation sites excluding steroid dienone is 3. The van der Waals surface area contributed by atoms with Crippen LogP contribution in [-0.4, -0.2) is 5.78 Å². The number of nitriles is 1. The number of ketones is 1. The van der Waals surface area contributed by atoms with E-state index in [4.69, 9.17) is 38.4 Å². The fourth-order valence-corrected chi connectivity index (χ4v) is 4.42. The molecule has 5 nitrogen and oxygen atoms in total. The van der Waals surface area contributed by atoms with Crippen molar-refractivity contribution in [1.82, 2.24) is 0 Å². The third kappa shape index (κ3) is 4.12. The Labute approximate surface area is 188 Å². The normalized spacial score (nSPS) is 18.4. The highest BCUT2D eigenvalue weighted by atomic mass is 35.5. The van der Waals surface area contributed by atoms with Crippen molar-refractivity contribution in [2.45, 2.75) is 31.8 Å². The van der Waals surface area contributed by atoms with Crippen molar-refractivity contribution in [1.29, 1.82) is 5.26 Å². The van der Waals surface area contributed by atoms with Crippen molar-refractivity contribution in [3.63, 3.8) is 0 Å². The van der Waals surface area contributed by atoms with Crippen LogP contribution in [0.15, 0.2) is 59.2 Å². The van der Waals surface area contributed by atoms with Crippen LogP contribution in [0.4, 0.5) is 4.39 Å². The molecule has 4 rings (SSSR count). The quantitative estimate of drug-likeness (QED) is 0.650. The molecule has 31 heavy (non-hydrogen) atoms. The lowest BCUT2D eigenvalue weighted by Gasteiger charge is -2.31. The molecule has 2 aromatic rings. The van der Waals surface area contributed by atoms with Crippen molar-refractivity contribution < 1.29 is 18.7 Å². The molecule has 2 aromatic carbocycles. The maximum Gasteiger partial charge on any atom is 0.205 e.